The van der Waals surface area contributed by atoms with Crippen LogP contribution in [0.1, 0.15) is 34.8 Å². The van der Waals surface area contributed by atoms with Gasteiger partial charge in [-0.05, 0) is 38.2 Å². The highest BCUT2D eigenvalue weighted by molar-refractivity contribution is 7.14. The van der Waals surface area contributed by atoms with Crippen LogP contribution >= 0.6 is 11.3 Å². The van der Waals surface area contributed by atoms with Crippen LogP contribution in [0.25, 0.3) is 0 Å². The van der Waals surface area contributed by atoms with Crippen molar-refractivity contribution in [2.24, 2.45) is 5.73 Å². The van der Waals surface area contributed by atoms with Crippen molar-refractivity contribution in [3.05, 3.63) is 21.9 Å². The van der Waals surface area contributed by atoms with E-state index in [1.165, 1.54) is 11.3 Å². The van der Waals surface area contributed by atoms with Gasteiger partial charge >= 0.3 is 0 Å². The van der Waals surface area contributed by atoms with Crippen molar-refractivity contribution in [2.45, 2.75) is 20.3 Å². The molecule has 4 nitrogen and oxygen atoms in total. The number of thiophene rings is 1. The molecule has 0 saturated carbocycles. The molecule has 0 aliphatic rings. The summed E-state index contributed by atoms with van der Waals surface area (Å²) in [5.74, 6) is 5.70. The number of nitrogens with zero attached hydrogens (tertiary/aromatic N) is 1. The lowest BCUT2D eigenvalue weighted by Gasteiger charge is -2.17. The molecule has 1 aromatic rings. The molecule has 0 unspecified atom stereocenters. The zero-order valence-corrected chi connectivity index (χ0v) is 13.1. The van der Waals surface area contributed by atoms with Crippen molar-refractivity contribution in [3.63, 3.8) is 0 Å². The van der Waals surface area contributed by atoms with Crippen LogP contribution in [0.5, 0.6) is 0 Å². The Hall–Kier alpha value is -1.35. The lowest BCUT2D eigenvalue weighted by atomic mass is 10.3. The predicted molar refractivity (Wildman–Crippen MR) is 85.0 cm³/mol. The number of nitrogens with one attached hydrogen (secondary N) is 1. The van der Waals surface area contributed by atoms with E-state index in [9.17, 15) is 4.79 Å². The zero-order chi connectivity index (χ0) is 14.8. The molecule has 1 heterocycles. The summed E-state index contributed by atoms with van der Waals surface area (Å²) >= 11 is 1.40. The minimum absolute atomic E-state index is 0.0182. The van der Waals surface area contributed by atoms with Crippen LogP contribution in [0, 0.1) is 11.8 Å². The van der Waals surface area contributed by atoms with Crippen molar-refractivity contribution >= 4 is 17.2 Å². The van der Waals surface area contributed by atoms with Crippen molar-refractivity contribution in [1.29, 1.82) is 0 Å². The Morgan fingerprint density at radius 3 is 2.80 bits per heavy atom. The standard InChI is InChI=1S/C15H23N3OS/c1-3-18(4-2)12-6-11-17-15(19)14-9-8-13(20-14)7-5-10-16/h8-9H,3-4,6,10-12,16H2,1-2H3,(H,17,19). The summed E-state index contributed by atoms with van der Waals surface area (Å²) in [6, 6.07) is 3.67. The summed E-state index contributed by atoms with van der Waals surface area (Å²) in [6.45, 7) is 8.47. The molecule has 0 aliphatic carbocycles. The molecule has 0 saturated heterocycles. The molecule has 1 rings (SSSR count). The Balaban J connectivity index is 2.34. The molecule has 0 spiro atoms. The fourth-order valence-corrected chi connectivity index (χ4v) is 2.59. The Bertz CT molecular complexity index is 469. The maximum atomic E-state index is 11.9. The summed E-state index contributed by atoms with van der Waals surface area (Å²) in [6.07, 6.45) is 0.971. The molecule has 0 fully saturated rings. The molecule has 0 aromatic carbocycles. The summed E-state index contributed by atoms with van der Waals surface area (Å²) in [5, 5.41) is 2.94. The lowest BCUT2D eigenvalue weighted by molar-refractivity contribution is 0.0956. The number of rotatable bonds is 7. The first-order chi connectivity index (χ1) is 9.71. The number of nitrogens with two attached hydrogens (primary N) is 1. The number of hydrogen-bond donors (Lipinski definition) is 2. The molecule has 1 amide bonds. The van der Waals surface area contributed by atoms with Gasteiger partial charge in [0.25, 0.3) is 5.91 Å². The van der Waals surface area contributed by atoms with Gasteiger partial charge in [-0.3, -0.25) is 4.79 Å². The quantitative estimate of drug-likeness (QED) is 0.592. The molecule has 20 heavy (non-hydrogen) atoms. The fraction of sp³-hybridized carbons (Fsp3) is 0.533. The van der Waals surface area contributed by atoms with E-state index in [0.29, 0.717) is 18.0 Å². The highest BCUT2D eigenvalue weighted by Crippen LogP contribution is 2.15. The van der Waals surface area contributed by atoms with E-state index in [1.807, 2.05) is 12.1 Å². The fourth-order valence-electron chi connectivity index (χ4n) is 1.80. The topological polar surface area (TPSA) is 58.4 Å². The average Bonchev–Trinajstić information content (AvgIpc) is 2.94. The van der Waals surface area contributed by atoms with Crippen LogP contribution in [-0.2, 0) is 0 Å². The highest BCUT2D eigenvalue weighted by Gasteiger charge is 2.08. The normalized spacial score (nSPS) is 10.2. The van der Waals surface area contributed by atoms with Crippen molar-refractivity contribution in [1.82, 2.24) is 10.2 Å². The smallest absolute Gasteiger partial charge is 0.261 e. The number of carbonyl (C=O) groups is 1. The first-order valence-electron chi connectivity index (χ1n) is 7.00. The maximum absolute atomic E-state index is 11.9. The number of hydrogen-bond acceptors (Lipinski definition) is 4. The van der Waals surface area contributed by atoms with E-state index < -0.39 is 0 Å². The third kappa shape index (κ3) is 5.74. The third-order valence-electron chi connectivity index (χ3n) is 2.97. The van der Waals surface area contributed by atoms with Gasteiger partial charge in [0.2, 0.25) is 0 Å². The Labute approximate surface area is 125 Å². The Kier molecular flexibility index (Phi) is 7.97. The summed E-state index contributed by atoms with van der Waals surface area (Å²) in [5.41, 5.74) is 5.32. The van der Waals surface area contributed by atoms with Gasteiger partial charge in [-0.15, -0.1) is 11.3 Å². The largest absolute Gasteiger partial charge is 0.351 e. The molecule has 0 radical (unpaired) electrons. The van der Waals surface area contributed by atoms with Crippen LogP contribution in [0.15, 0.2) is 12.1 Å². The molecule has 110 valence electrons. The molecule has 0 bridgehead atoms. The monoisotopic (exact) mass is 293 g/mol. The molecular formula is C15H23N3OS. The van der Waals surface area contributed by atoms with Gasteiger partial charge < -0.3 is 16.0 Å². The summed E-state index contributed by atoms with van der Waals surface area (Å²) in [7, 11) is 0. The predicted octanol–water partition coefficient (Wildman–Crippen LogP) is 1.52. The molecule has 5 heteroatoms. The van der Waals surface area contributed by atoms with E-state index in [0.717, 1.165) is 30.9 Å². The molecule has 0 aliphatic heterocycles. The van der Waals surface area contributed by atoms with Crippen LogP contribution in [0.4, 0.5) is 0 Å². The second-order valence-corrected chi connectivity index (χ2v) is 5.39. The SMILES string of the molecule is CCN(CC)CCCNC(=O)c1ccc(C#CCN)s1. The average molecular weight is 293 g/mol. The van der Waals surface area contributed by atoms with Crippen LogP contribution in [0.3, 0.4) is 0 Å². The van der Waals surface area contributed by atoms with Gasteiger partial charge in [0.15, 0.2) is 0 Å². The molecule has 1 aromatic heterocycles. The van der Waals surface area contributed by atoms with E-state index in [4.69, 9.17) is 5.73 Å². The first kappa shape index (κ1) is 16.7. The van der Waals surface area contributed by atoms with Gasteiger partial charge in [-0.25, -0.2) is 0 Å². The summed E-state index contributed by atoms with van der Waals surface area (Å²) < 4.78 is 0. The number of carbonyl (C=O) groups excluding carboxylic acids is 1. The van der Waals surface area contributed by atoms with Crippen LogP contribution < -0.4 is 11.1 Å². The highest BCUT2D eigenvalue weighted by atomic mass is 32.1. The van der Waals surface area contributed by atoms with Crippen molar-refractivity contribution in [3.8, 4) is 11.8 Å². The third-order valence-corrected chi connectivity index (χ3v) is 3.97. The van der Waals surface area contributed by atoms with Gasteiger partial charge in [0.1, 0.15) is 0 Å². The van der Waals surface area contributed by atoms with E-state index in [1.54, 1.807) is 0 Å². The van der Waals surface area contributed by atoms with E-state index in [-0.39, 0.29) is 5.91 Å². The second-order valence-electron chi connectivity index (χ2n) is 4.31. The second kappa shape index (κ2) is 9.54. The minimum atomic E-state index is -0.0182. The van der Waals surface area contributed by atoms with E-state index >= 15 is 0 Å². The number of amides is 1. The lowest BCUT2D eigenvalue weighted by Crippen LogP contribution is -2.29. The Morgan fingerprint density at radius 2 is 2.15 bits per heavy atom. The van der Waals surface area contributed by atoms with E-state index in [2.05, 4.69) is 35.9 Å². The first-order valence-corrected chi connectivity index (χ1v) is 7.82. The zero-order valence-electron chi connectivity index (χ0n) is 12.2. The van der Waals surface area contributed by atoms with Crippen molar-refractivity contribution < 1.29 is 4.79 Å². The molecule has 0 atom stereocenters. The van der Waals surface area contributed by atoms with Gasteiger partial charge in [0.05, 0.1) is 16.3 Å². The van der Waals surface area contributed by atoms with Gasteiger partial charge in [0, 0.05) is 6.54 Å². The summed E-state index contributed by atoms with van der Waals surface area (Å²) in [4.78, 5) is 15.9. The molecular weight excluding hydrogens is 270 g/mol. The van der Waals surface area contributed by atoms with Gasteiger partial charge in [-0.2, -0.15) is 0 Å². The maximum Gasteiger partial charge on any atom is 0.261 e. The van der Waals surface area contributed by atoms with Crippen molar-refractivity contribution in [2.75, 3.05) is 32.7 Å². The van der Waals surface area contributed by atoms with Crippen LogP contribution in [0.2, 0.25) is 0 Å². The van der Waals surface area contributed by atoms with Gasteiger partial charge in [-0.1, -0.05) is 25.7 Å². The molecule has 3 N–H and O–H groups in total. The minimum Gasteiger partial charge on any atom is -0.351 e. The van der Waals surface area contributed by atoms with Crippen LogP contribution in [-0.4, -0.2) is 43.5 Å². The Morgan fingerprint density at radius 1 is 1.40 bits per heavy atom.